The Morgan fingerprint density at radius 2 is 1.86 bits per heavy atom. The molecule has 2 aliphatic rings. The zero-order valence-electron chi connectivity index (χ0n) is 11.4. The molecule has 2 aliphatic heterocycles. The van der Waals surface area contributed by atoms with Gasteiger partial charge in [-0.15, -0.1) is 0 Å². The van der Waals surface area contributed by atoms with E-state index in [2.05, 4.69) is 0 Å². The first-order valence-electron chi connectivity index (χ1n) is 6.57. The Hall–Kier alpha value is -2.25. The predicted molar refractivity (Wildman–Crippen MR) is 70.3 cm³/mol. The average molecular weight is 290 g/mol. The van der Waals surface area contributed by atoms with Crippen LogP contribution in [0.2, 0.25) is 0 Å². The molecule has 0 aromatic heterocycles. The minimum atomic E-state index is -0.674. The van der Waals surface area contributed by atoms with Crippen molar-refractivity contribution in [3.05, 3.63) is 35.4 Å². The molecule has 1 unspecified atom stereocenters. The number of hydrogen-bond acceptors (Lipinski definition) is 6. The number of benzene rings is 1. The van der Waals surface area contributed by atoms with E-state index in [1.54, 1.807) is 24.1 Å². The molecule has 0 spiro atoms. The smallest absolute Gasteiger partial charge is 0.352 e. The zero-order valence-corrected chi connectivity index (χ0v) is 11.4. The van der Waals surface area contributed by atoms with Crippen molar-refractivity contribution in [1.29, 1.82) is 0 Å². The summed E-state index contributed by atoms with van der Waals surface area (Å²) in [5.74, 6) is -1.92. The van der Waals surface area contributed by atoms with E-state index in [9.17, 15) is 14.4 Å². The van der Waals surface area contributed by atoms with E-state index in [0.717, 1.165) is 0 Å². The van der Waals surface area contributed by atoms with E-state index in [4.69, 9.17) is 9.57 Å². The Kier molecular flexibility index (Phi) is 3.44. The minimum Gasteiger partial charge on any atom is -0.378 e. The van der Waals surface area contributed by atoms with Gasteiger partial charge in [0.05, 0.1) is 24.3 Å². The average Bonchev–Trinajstić information content (AvgIpc) is 2.73. The number of carbonyl (C=O) groups excluding carboxylic acids is 3. The topological polar surface area (TPSA) is 76.2 Å². The summed E-state index contributed by atoms with van der Waals surface area (Å²) in [7, 11) is 1.76. The molecule has 1 aromatic rings. The maximum absolute atomic E-state index is 12.1. The molecule has 110 valence electrons. The molecular formula is C14H14N2O5. The fraction of sp³-hybridized carbons (Fsp3) is 0.357. The van der Waals surface area contributed by atoms with Gasteiger partial charge in [0.2, 0.25) is 0 Å². The number of carbonyl (C=O) groups is 3. The Labute approximate surface area is 121 Å². The van der Waals surface area contributed by atoms with E-state index < -0.39 is 23.8 Å². The number of amides is 2. The van der Waals surface area contributed by atoms with Crippen LogP contribution in [0, 0.1) is 0 Å². The second-order valence-electron chi connectivity index (χ2n) is 4.93. The van der Waals surface area contributed by atoms with Crippen LogP contribution in [0.15, 0.2) is 24.3 Å². The molecule has 0 saturated carbocycles. The van der Waals surface area contributed by atoms with Gasteiger partial charge in [0.15, 0.2) is 0 Å². The third kappa shape index (κ3) is 2.30. The summed E-state index contributed by atoms with van der Waals surface area (Å²) in [5, 5.41) is 0.523. The number of likely N-dealkylation sites (N-methyl/N-ethyl adjacent to an activating group) is 1. The van der Waals surface area contributed by atoms with E-state index in [1.807, 2.05) is 0 Å². The monoisotopic (exact) mass is 290 g/mol. The first-order chi connectivity index (χ1) is 10.1. The van der Waals surface area contributed by atoms with Crippen molar-refractivity contribution in [1.82, 2.24) is 9.96 Å². The van der Waals surface area contributed by atoms with Gasteiger partial charge in [-0.3, -0.25) is 14.5 Å². The Balaban J connectivity index is 1.76. The zero-order chi connectivity index (χ0) is 15.0. The molecule has 3 rings (SSSR count). The second-order valence-corrected chi connectivity index (χ2v) is 4.93. The highest BCUT2D eigenvalue weighted by atomic mass is 16.7. The SMILES string of the molecule is CN1CCOCC1C(=O)ON1C(=O)c2ccccc2C1=O. The molecule has 0 radical (unpaired) electrons. The maximum Gasteiger partial charge on any atom is 0.352 e. The molecule has 7 nitrogen and oxygen atoms in total. The summed E-state index contributed by atoms with van der Waals surface area (Å²) in [6.07, 6.45) is 0. The molecule has 1 fully saturated rings. The molecule has 2 amide bonds. The Bertz CT molecular complexity index is 580. The quantitative estimate of drug-likeness (QED) is 0.718. The van der Waals surface area contributed by atoms with Crippen LogP contribution in [0.25, 0.3) is 0 Å². The third-order valence-corrected chi connectivity index (χ3v) is 3.61. The van der Waals surface area contributed by atoms with Crippen LogP contribution in [0.5, 0.6) is 0 Å². The van der Waals surface area contributed by atoms with E-state index in [0.29, 0.717) is 18.2 Å². The number of morpholine rings is 1. The van der Waals surface area contributed by atoms with E-state index in [-0.39, 0.29) is 17.7 Å². The van der Waals surface area contributed by atoms with Crippen LogP contribution in [0.1, 0.15) is 20.7 Å². The minimum absolute atomic E-state index is 0.179. The Morgan fingerprint density at radius 1 is 1.24 bits per heavy atom. The fourth-order valence-corrected chi connectivity index (χ4v) is 2.34. The van der Waals surface area contributed by atoms with Crippen LogP contribution in [-0.2, 0) is 14.4 Å². The lowest BCUT2D eigenvalue weighted by Crippen LogP contribution is -2.50. The standard InChI is InChI=1S/C14H14N2O5/c1-15-6-7-20-8-11(15)14(19)21-16-12(17)9-4-2-3-5-10(9)13(16)18/h2-5,11H,6-8H2,1H3. The number of hydrogen-bond donors (Lipinski definition) is 0. The van der Waals surface area contributed by atoms with Gasteiger partial charge in [-0.2, -0.15) is 0 Å². The largest absolute Gasteiger partial charge is 0.378 e. The number of ether oxygens (including phenoxy) is 1. The molecule has 0 N–H and O–H groups in total. The van der Waals surface area contributed by atoms with Crippen LogP contribution < -0.4 is 0 Å². The lowest BCUT2D eigenvalue weighted by atomic mass is 10.1. The van der Waals surface area contributed by atoms with Gasteiger partial charge >= 0.3 is 5.97 Å². The van der Waals surface area contributed by atoms with Crippen LogP contribution in [-0.4, -0.2) is 60.6 Å². The number of fused-ring (bicyclic) bond motifs is 1. The van der Waals surface area contributed by atoms with Crippen molar-refractivity contribution in [2.75, 3.05) is 26.8 Å². The molecule has 0 bridgehead atoms. The summed E-state index contributed by atoms with van der Waals surface area (Å²) in [5.41, 5.74) is 0.479. The van der Waals surface area contributed by atoms with E-state index >= 15 is 0 Å². The number of imide groups is 1. The van der Waals surface area contributed by atoms with E-state index in [1.165, 1.54) is 12.1 Å². The first-order valence-corrected chi connectivity index (χ1v) is 6.57. The summed E-state index contributed by atoms with van der Waals surface area (Å²) in [6.45, 7) is 1.30. The van der Waals surface area contributed by atoms with Crippen LogP contribution in [0.3, 0.4) is 0 Å². The number of nitrogens with zero attached hydrogens (tertiary/aromatic N) is 2. The fourth-order valence-electron chi connectivity index (χ4n) is 2.34. The molecule has 1 saturated heterocycles. The van der Waals surface area contributed by atoms with Gasteiger partial charge in [0.25, 0.3) is 11.8 Å². The highest BCUT2D eigenvalue weighted by Crippen LogP contribution is 2.23. The highest BCUT2D eigenvalue weighted by molar-refractivity contribution is 6.20. The van der Waals surface area contributed by atoms with Crippen molar-refractivity contribution in [2.24, 2.45) is 0 Å². The normalized spacial score (nSPS) is 22.3. The summed E-state index contributed by atoms with van der Waals surface area (Å²) in [6, 6.07) is 5.73. The number of hydroxylamine groups is 2. The lowest BCUT2D eigenvalue weighted by Gasteiger charge is -2.30. The van der Waals surface area contributed by atoms with Gasteiger partial charge < -0.3 is 9.57 Å². The molecule has 1 atom stereocenters. The Morgan fingerprint density at radius 3 is 2.43 bits per heavy atom. The van der Waals surface area contributed by atoms with Crippen molar-refractivity contribution in [3.63, 3.8) is 0 Å². The van der Waals surface area contributed by atoms with Gasteiger partial charge in [0.1, 0.15) is 6.04 Å². The molecule has 21 heavy (non-hydrogen) atoms. The van der Waals surface area contributed by atoms with Gasteiger partial charge in [-0.1, -0.05) is 17.2 Å². The maximum atomic E-state index is 12.1. The van der Waals surface area contributed by atoms with Crippen LogP contribution >= 0.6 is 0 Å². The van der Waals surface area contributed by atoms with Crippen molar-refractivity contribution in [3.8, 4) is 0 Å². The summed E-state index contributed by atoms with van der Waals surface area (Å²) in [4.78, 5) is 43.1. The predicted octanol–water partition coefficient (Wildman–Crippen LogP) is 0.0714. The van der Waals surface area contributed by atoms with Gasteiger partial charge in [-0.25, -0.2) is 4.79 Å². The van der Waals surface area contributed by atoms with Crippen LogP contribution in [0.4, 0.5) is 0 Å². The summed E-state index contributed by atoms with van der Waals surface area (Å²) < 4.78 is 5.22. The summed E-state index contributed by atoms with van der Waals surface area (Å²) >= 11 is 0. The van der Waals surface area contributed by atoms with Crippen molar-refractivity contribution >= 4 is 17.8 Å². The first kappa shape index (κ1) is 13.7. The molecule has 2 heterocycles. The van der Waals surface area contributed by atoms with Gasteiger partial charge in [-0.05, 0) is 19.2 Å². The van der Waals surface area contributed by atoms with Crippen molar-refractivity contribution in [2.45, 2.75) is 6.04 Å². The number of rotatable bonds is 2. The second kappa shape index (κ2) is 5.27. The highest BCUT2D eigenvalue weighted by Gasteiger charge is 2.40. The van der Waals surface area contributed by atoms with Gasteiger partial charge in [0, 0.05) is 6.54 Å². The molecule has 1 aromatic carbocycles. The van der Waals surface area contributed by atoms with Crippen molar-refractivity contribution < 1.29 is 24.0 Å². The molecular weight excluding hydrogens is 276 g/mol. The molecule has 0 aliphatic carbocycles. The molecule has 7 heteroatoms. The lowest BCUT2D eigenvalue weighted by molar-refractivity contribution is -0.179. The third-order valence-electron chi connectivity index (χ3n) is 3.61.